The van der Waals surface area contributed by atoms with E-state index < -0.39 is 0 Å². The number of likely N-dealkylation sites (N-methyl/N-ethyl adjacent to an activating group) is 1. The second kappa shape index (κ2) is 12.4. The average molecular weight is 490 g/mol. The molecule has 1 atom stereocenters. The standard InChI is InChI=1S/C19H30N4OS.HI/c1-4-17-15-23(12-13-25-17)19(21-14-18(24)22(2)3)20-11-10-16-8-6-5-7-9-16;/h5-9,17H,4,10-15H2,1-3H3,(H,20,21);1H. The lowest BCUT2D eigenvalue weighted by Gasteiger charge is -2.34. The van der Waals surface area contributed by atoms with Crippen molar-refractivity contribution in [2.75, 3.05) is 46.0 Å². The first-order chi connectivity index (χ1) is 12.1. The second-order valence-electron chi connectivity index (χ2n) is 6.44. The lowest BCUT2D eigenvalue weighted by Crippen LogP contribution is -2.48. The van der Waals surface area contributed by atoms with Gasteiger partial charge in [-0.15, -0.1) is 24.0 Å². The van der Waals surface area contributed by atoms with Crippen molar-refractivity contribution in [3.05, 3.63) is 35.9 Å². The highest BCUT2D eigenvalue weighted by Crippen LogP contribution is 2.21. The molecule has 1 fully saturated rings. The molecule has 0 aromatic heterocycles. The molecule has 0 bridgehead atoms. The number of benzene rings is 1. The van der Waals surface area contributed by atoms with Crippen LogP contribution in [0.1, 0.15) is 18.9 Å². The molecular formula is C19H31IN4OS. The molecule has 0 radical (unpaired) electrons. The van der Waals surface area contributed by atoms with Crippen molar-refractivity contribution in [2.45, 2.75) is 25.0 Å². The normalized spacial score (nSPS) is 17.4. The molecule has 1 aromatic carbocycles. The molecule has 1 amide bonds. The molecule has 0 saturated carbocycles. The van der Waals surface area contributed by atoms with Crippen LogP contribution in [-0.4, -0.2) is 72.9 Å². The zero-order chi connectivity index (χ0) is 18.1. The summed E-state index contributed by atoms with van der Waals surface area (Å²) in [6.45, 7) is 5.22. The quantitative estimate of drug-likeness (QED) is 0.379. The summed E-state index contributed by atoms with van der Waals surface area (Å²) in [5.41, 5.74) is 1.30. The number of thioether (sulfide) groups is 1. The molecule has 26 heavy (non-hydrogen) atoms. The third-order valence-corrected chi connectivity index (χ3v) is 5.67. The number of rotatable bonds is 6. The second-order valence-corrected chi connectivity index (χ2v) is 7.85. The van der Waals surface area contributed by atoms with Crippen LogP contribution < -0.4 is 5.32 Å². The van der Waals surface area contributed by atoms with Crippen molar-refractivity contribution in [1.29, 1.82) is 0 Å². The highest BCUT2D eigenvalue weighted by molar-refractivity contribution is 14.0. The van der Waals surface area contributed by atoms with Crippen molar-refractivity contribution in [3.8, 4) is 0 Å². The van der Waals surface area contributed by atoms with Gasteiger partial charge in [-0.2, -0.15) is 11.8 Å². The molecular weight excluding hydrogens is 459 g/mol. The maximum absolute atomic E-state index is 11.9. The van der Waals surface area contributed by atoms with E-state index in [0.717, 1.165) is 44.2 Å². The number of carbonyl (C=O) groups excluding carboxylic acids is 1. The monoisotopic (exact) mass is 490 g/mol. The van der Waals surface area contributed by atoms with Crippen molar-refractivity contribution in [1.82, 2.24) is 15.1 Å². The van der Waals surface area contributed by atoms with Crippen LogP contribution in [0.5, 0.6) is 0 Å². The number of hydrogen-bond donors (Lipinski definition) is 1. The predicted octanol–water partition coefficient (Wildman–Crippen LogP) is 2.71. The number of carbonyl (C=O) groups is 1. The van der Waals surface area contributed by atoms with E-state index in [9.17, 15) is 4.79 Å². The smallest absolute Gasteiger partial charge is 0.243 e. The van der Waals surface area contributed by atoms with Crippen LogP contribution in [-0.2, 0) is 11.2 Å². The van der Waals surface area contributed by atoms with Crippen molar-refractivity contribution < 1.29 is 4.79 Å². The lowest BCUT2D eigenvalue weighted by molar-refractivity contribution is -0.127. The molecule has 1 heterocycles. The highest BCUT2D eigenvalue weighted by atomic mass is 127. The van der Waals surface area contributed by atoms with Crippen LogP contribution >= 0.6 is 35.7 Å². The van der Waals surface area contributed by atoms with Gasteiger partial charge in [-0.25, -0.2) is 4.99 Å². The molecule has 1 aliphatic rings. The molecule has 1 aromatic rings. The Bertz CT molecular complexity index is 568. The van der Waals surface area contributed by atoms with Crippen LogP contribution in [0, 0.1) is 0 Å². The van der Waals surface area contributed by atoms with Gasteiger partial charge in [0.1, 0.15) is 6.54 Å². The summed E-state index contributed by atoms with van der Waals surface area (Å²) in [6.07, 6.45) is 2.11. The van der Waals surface area contributed by atoms with E-state index in [-0.39, 0.29) is 36.4 Å². The molecule has 1 N–H and O–H groups in total. The van der Waals surface area contributed by atoms with Crippen molar-refractivity contribution in [3.63, 3.8) is 0 Å². The number of amides is 1. The van der Waals surface area contributed by atoms with Gasteiger partial charge < -0.3 is 15.1 Å². The molecule has 5 nitrogen and oxygen atoms in total. The predicted molar refractivity (Wildman–Crippen MR) is 123 cm³/mol. The summed E-state index contributed by atoms with van der Waals surface area (Å²) >= 11 is 2.03. The minimum Gasteiger partial charge on any atom is -0.356 e. The lowest BCUT2D eigenvalue weighted by atomic mass is 10.1. The first kappa shape index (κ1) is 23.1. The first-order valence-corrected chi connectivity index (χ1v) is 10.0. The average Bonchev–Trinajstić information content (AvgIpc) is 2.65. The van der Waals surface area contributed by atoms with Gasteiger partial charge in [0.2, 0.25) is 5.91 Å². The molecule has 2 rings (SSSR count). The van der Waals surface area contributed by atoms with Gasteiger partial charge in [0, 0.05) is 44.7 Å². The van der Waals surface area contributed by atoms with E-state index in [2.05, 4.69) is 46.4 Å². The van der Waals surface area contributed by atoms with E-state index in [1.54, 1.807) is 19.0 Å². The number of hydrogen-bond acceptors (Lipinski definition) is 3. The first-order valence-electron chi connectivity index (χ1n) is 8.99. The van der Waals surface area contributed by atoms with Gasteiger partial charge in [-0.3, -0.25) is 4.79 Å². The summed E-state index contributed by atoms with van der Waals surface area (Å²) in [5.74, 6) is 2.00. The van der Waals surface area contributed by atoms with Crippen molar-refractivity contribution in [2.24, 2.45) is 4.99 Å². The molecule has 1 aliphatic heterocycles. The molecule has 146 valence electrons. The Labute approximate surface area is 179 Å². The van der Waals surface area contributed by atoms with Gasteiger partial charge in [-0.05, 0) is 18.4 Å². The van der Waals surface area contributed by atoms with Crippen LogP contribution in [0.15, 0.2) is 35.3 Å². The number of halogens is 1. The minimum absolute atomic E-state index is 0. The Morgan fingerprint density at radius 2 is 2.08 bits per heavy atom. The largest absolute Gasteiger partial charge is 0.356 e. The summed E-state index contributed by atoms with van der Waals surface area (Å²) in [5, 5.41) is 4.11. The van der Waals surface area contributed by atoms with Gasteiger partial charge in [0.25, 0.3) is 0 Å². The molecule has 1 saturated heterocycles. The third-order valence-electron chi connectivity index (χ3n) is 4.30. The van der Waals surface area contributed by atoms with Gasteiger partial charge in [0.15, 0.2) is 5.96 Å². The summed E-state index contributed by atoms with van der Waals surface area (Å²) in [4.78, 5) is 20.4. The van der Waals surface area contributed by atoms with Crippen LogP contribution in [0.3, 0.4) is 0 Å². The maximum atomic E-state index is 11.9. The van der Waals surface area contributed by atoms with Crippen molar-refractivity contribution >= 4 is 47.6 Å². The fourth-order valence-corrected chi connectivity index (χ4v) is 3.85. The van der Waals surface area contributed by atoms with E-state index in [1.165, 1.54) is 5.56 Å². The topological polar surface area (TPSA) is 47.9 Å². The van der Waals surface area contributed by atoms with Gasteiger partial charge in [0.05, 0.1) is 0 Å². The van der Waals surface area contributed by atoms with E-state index in [0.29, 0.717) is 5.25 Å². The molecule has 7 heteroatoms. The summed E-state index contributed by atoms with van der Waals surface area (Å²) in [7, 11) is 3.54. The third kappa shape index (κ3) is 7.73. The van der Waals surface area contributed by atoms with E-state index >= 15 is 0 Å². The number of aliphatic imine (C=N–C) groups is 1. The summed E-state index contributed by atoms with van der Waals surface area (Å²) < 4.78 is 0. The molecule has 0 aliphatic carbocycles. The van der Waals surface area contributed by atoms with E-state index in [1.807, 2.05) is 17.8 Å². The zero-order valence-electron chi connectivity index (χ0n) is 16.0. The van der Waals surface area contributed by atoms with Crippen LogP contribution in [0.2, 0.25) is 0 Å². The molecule has 0 spiro atoms. The Morgan fingerprint density at radius 1 is 1.35 bits per heavy atom. The molecule has 1 unspecified atom stereocenters. The Morgan fingerprint density at radius 3 is 2.73 bits per heavy atom. The Kier molecular flexibility index (Phi) is 11.0. The highest BCUT2D eigenvalue weighted by Gasteiger charge is 2.21. The minimum atomic E-state index is 0. The summed E-state index contributed by atoms with van der Waals surface area (Å²) in [6, 6.07) is 10.4. The Balaban J connectivity index is 0.00000338. The number of guanidine groups is 1. The SMILES string of the molecule is CCC1CN(C(=NCC(=O)N(C)C)NCCc2ccccc2)CCS1.I. The fourth-order valence-electron chi connectivity index (χ4n) is 2.67. The van der Waals surface area contributed by atoms with Crippen LogP contribution in [0.4, 0.5) is 0 Å². The Hall–Kier alpha value is -0.960. The van der Waals surface area contributed by atoms with Gasteiger partial charge in [-0.1, -0.05) is 37.3 Å². The number of nitrogens with one attached hydrogen (secondary N) is 1. The van der Waals surface area contributed by atoms with Crippen LogP contribution in [0.25, 0.3) is 0 Å². The fraction of sp³-hybridized carbons (Fsp3) is 0.579. The zero-order valence-corrected chi connectivity index (χ0v) is 19.1. The van der Waals surface area contributed by atoms with Gasteiger partial charge >= 0.3 is 0 Å². The van der Waals surface area contributed by atoms with E-state index in [4.69, 9.17) is 0 Å². The maximum Gasteiger partial charge on any atom is 0.243 e. The number of nitrogens with zero attached hydrogens (tertiary/aromatic N) is 3.